The number of fused-ring (bicyclic) bond motifs is 1. The summed E-state index contributed by atoms with van der Waals surface area (Å²) in [5.74, 6) is -0.339. The molecule has 0 saturated heterocycles. The van der Waals surface area contributed by atoms with Crippen LogP contribution in [0.1, 0.15) is 6.92 Å². The van der Waals surface area contributed by atoms with Crippen LogP contribution in [0.5, 0.6) is 5.75 Å². The molecule has 8 nitrogen and oxygen atoms in total. The Bertz CT molecular complexity index is 1160. The highest BCUT2D eigenvalue weighted by molar-refractivity contribution is 7.86. The minimum atomic E-state index is -4.56. The number of anilines is 4. The summed E-state index contributed by atoms with van der Waals surface area (Å²) in [7, 11) is -4.56. The maximum absolute atomic E-state index is 11.8. The second kappa shape index (κ2) is 6.78. The van der Waals surface area contributed by atoms with Crippen LogP contribution in [-0.2, 0) is 14.9 Å². The van der Waals surface area contributed by atoms with Crippen LogP contribution in [0, 0.1) is 0 Å². The maximum Gasteiger partial charge on any atom is 0.296 e. The number of rotatable bonds is 4. The fraction of sp³-hybridized carbons (Fsp3) is 0.0556. The van der Waals surface area contributed by atoms with Crippen LogP contribution < -0.4 is 16.4 Å². The molecule has 27 heavy (non-hydrogen) atoms. The first-order valence-electron chi connectivity index (χ1n) is 7.82. The average molecular weight is 387 g/mol. The van der Waals surface area contributed by atoms with Crippen molar-refractivity contribution in [2.24, 2.45) is 0 Å². The highest BCUT2D eigenvalue weighted by Gasteiger charge is 2.17. The number of hydrogen-bond donors (Lipinski definition) is 5. The van der Waals surface area contributed by atoms with Gasteiger partial charge in [-0.25, -0.2) is 0 Å². The van der Waals surface area contributed by atoms with Crippen LogP contribution in [0.3, 0.4) is 0 Å². The van der Waals surface area contributed by atoms with Crippen LogP contribution >= 0.6 is 0 Å². The lowest BCUT2D eigenvalue weighted by molar-refractivity contribution is -0.114. The molecule has 0 aliphatic rings. The van der Waals surface area contributed by atoms with Crippen molar-refractivity contribution in [1.29, 1.82) is 0 Å². The van der Waals surface area contributed by atoms with E-state index in [0.717, 1.165) is 6.07 Å². The van der Waals surface area contributed by atoms with Crippen molar-refractivity contribution < 1.29 is 22.9 Å². The van der Waals surface area contributed by atoms with Gasteiger partial charge in [0.05, 0.1) is 5.69 Å². The zero-order valence-corrected chi connectivity index (χ0v) is 15.0. The van der Waals surface area contributed by atoms with Gasteiger partial charge in [0.1, 0.15) is 10.6 Å². The van der Waals surface area contributed by atoms with Gasteiger partial charge in [0.15, 0.2) is 0 Å². The smallest absolute Gasteiger partial charge is 0.296 e. The molecule has 0 aliphatic heterocycles. The van der Waals surface area contributed by atoms with Crippen LogP contribution in [-0.4, -0.2) is 24.0 Å². The summed E-state index contributed by atoms with van der Waals surface area (Å²) in [6, 6.07) is 12.2. The minimum absolute atomic E-state index is 0.0369. The fourth-order valence-electron chi connectivity index (χ4n) is 2.79. The molecule has 3 aromatic rings. The zero-order valence-electron chi connectivity index (χ0n) is 14.2. The zero-order chi connectivity index (χ0) is 19.8. The van der Waals surface area contributed by atoms with Crippen molar-refractivity contribution in [3.63, 3.8) is 0 Å². The molecule has 3 rings (SSSR count). The Labute approximate surface area is 155 Å². The largest absolute Gasteiger partial charge is 0.507 e. The van der Waals surface area contributed by atoms with E-state index >= 15 is 0 Å². The lowest BCUT2D eigenvalue weighted by Crippen LogP contribution is -2.09. The molecule has 0 unspecified atom stereocenters. The second-order valence-corrected chi connectivity index (χ2v) is 7.32. The molecule has 1 amide bonds. The SMILES string of the molecule is CC(=O)Nc1ccc(Nc2cc(N)c3c(O)cccc3c2)c(S(=O)(=O)O)c1. The fourth-order valence-corrected chi connectivity index (χ4v) is 3.46. The van der Waals surface area contributed by atoms with Gasteiger partial charge in [-0.15, -0.1) is 0 Å². The number of nitrogen functional groups attached to an aromatic ring is 1. The van der Waals surface area contributed by atoms with Gasteiger partial charge in [-0.1, -0.05) is 12.1 Å². The molecule has 0 fully saturated rings. The number of phenols is 1. The average Bonchev–Trinajstić information content (AvgIpc) is 2.54. The lowest BCUT2D eigenvalue weighted by Gasteiger charge is -2.14. The number of aromatic hydroxyl groups is 1. The molecule has 6 N–H and O–H groups in total. The van der Waals surface area contributed by atoms with E-state index in [4.69, 9.17) is 5.73 Å². The highest BCUT2D eigenvalue weighted by atomic mass is 32.2. The number of hydrogen-bond acceptors (Lipinski definition) is 6. The molecule has 0 heterocycles. The van der Waals surface area contributed by atoms with E-state index in [-0.39, 0.29) is 23.0 Å². The number of amides is 1. The summed E-state index contributed by atoms with van der Waals surface area (Å²) in [5, 5.41) is 16.4. The summed E-state index contributed by atoms with van der Waals surface area (Å²) >= 11 is 0. The van der Waals surface area contributed by atoms with E-state index in [1.54, 1.807) is 18.2 Å². The molecule has 0 aromatic heterocycles. The Balaban J connectivity index is 2.07. The van der Waals surface area contributed by atoms with Crippen LogP contribution in [0.15, 0.2) is 53.4 Å². The standard InChI is InChI=1S/C18H17N3O5S/c1-10(22)20-12-5-6-15(17(9-12)27(24,25)26)21-13-7-11-3-2-4-16(23)18(11)14(19)8-13/h2-9,21,23H,19H2,1H3,(H,20,22)(H,24,25,26). The van der Waals surface area contributed by atoms with E-state index in [1.807, 2.05) is 0 Å². The molecular weight excluding hydrogens is 370 g/mol. The normalized spacial score (nSPS) is 11.3. The first-order valence-corrected chi connectivity index (χ1v) is 9.26. The number of nitrogens with one attached hydrogen (secondary N) is 2. The van der Waals surface area contributed by atoms with Crippen molar-refractivity contribution in [3.05, 3.63) is 48.5 Å². The van der Waals surface area contributed by atoms with Crippen LogP contribution in [0.25, 0.3) is 10.8 Å². The molecule has 140 valence electrons. The summed E-state index contributed by atoms with van der Waals surface area (Å²) in [6.45, 7) is 1.28. The van der Waals surface area contributed by atoms with E-state index in [1.165, 1.54) is 31.2 Å². The van der Waals surface area contributed by atoms with Crippen LogP contribution in [0.4, 0.5) is 22.7 Å². The molecule has 9 heteroatoms. The molecule has 0 bridgehead atoms. The summed E-state index contributed by atoms with van der Waals surface area (Å²) in [5.41, 5.74) is 7.09. The van der Waals surface area contributed by atoms with Gasteiger partial charge < -0.3 is 21.5 Å². The van der Waals surface area contributed by atoms with Gasteiger partial charge in [-0.05, 0) is 41.8 Å². The van der Waals surface area contributed by atoms with E-state index in [0.29, 0.717) is 22.1 Å². The predicted molar refractivity (Wildman–Crippen MR) is 104 cm³/mol. The Morgan fingerprint density at radius 3 is 2.48 bits per heavy atom. The van der Waals surface area contributed by atoms with Gasteiger partial charge in [0.25, 0.3) is 10.1 Å². The third-order valence-corrected chi connectivity index (χ3v) is 4.74. The first-order chi connectivity index (χ1) is 12.6. The van der Waals surface area contributed by atoms with Crippen LogP contribution in [0.2, 0.25) is 0 Å². The van der Waals surface area contributed by atoms with Gasteiger partial charge in [-0.2, -0.15) is 8.42 Å². The Morgan fingerprint density at radius 2 is 1.81 bits per heavy atom. The number of phenolic OH excluding ortho intramolecular Hbond substituents is 1. The summed E-state index contributed by atoms with van der Waals surface area (Å²) in [6.07, 6.45) is 0. The van der Waals surface area contributed by atoms with Crippen molar-refractivity contribution >= 4 is 49.5 Å². The molecule has 0 atom stereocenters. The monoisotopic (exact) mass is 387 g/mol. The number of benzene rings is 3. The Hall–Kier alpha value is -3.30. The third-order valence-electron chi connectivity index (χ3n) is 3.84. The second-order valence-electron chi connectivity index (χ2n) is 5.93. The van der Waals surface area contributed by atoms with Crippen molar-refractivity contribution in [3.8, 4) is 5.75 Å². The van der Waals surface area contributed by atoms with Gasteiger partial charge >= 0.3 is 0 Å². The molecule has 3 aromatic carbocycles. The van der Waals surface area contributed by atoms with Gasteiger partial charge in [-0.3, -0.25) is 9.35 Å². The summed E-state index contributed by atoms with van der Waals surface area (Å²) < 4.78 is 33.0. The maximum atomic E-state index is 11.8. The van der Waals surface area contributed by atoms with Gasteiger partial charge in [0.2, 0.25) is 5.91 Å². The third kappa shape index (κ3) is 3.94. The topological polar surface area (TPSA) is 142 Å². The van der Waals surface area contributed by atoms with E-state index in [2.05, 4.69) is 10.6 Å². The minimum Gasteiger partial charge on any atom is -0.507 e. The Morgan fingerprint density at radius 1 is 1.07 bits per heavy atom. The predicted octanol–water partition coefficient (Wildman–Crippen LogP) is 3.08. The van der Waals surface area contributed by atoms with Crippen molar-refractivity contribution in [2.75, 3.05) is 16.4 Å². The molecule has 0 spiro atoms. The number of carbonyl (C=O) groups is 1. The molecule has 0 aliphatic carbocycles. The van der Waals surface area contributed by atoms with Crippen molar-refractivity contribution in [2.45, 2.75) is 11.8 Å². The Kier molecular flexibility index (Phi) is 4.64. The molecule has 0 saturated carbocycles. The van der Waals surface area contributed by atoms with E-state index < -0.39 is 15.0 Å². The lowest BCUT2D eigenvalue weighted by atomic mass is 10.1. The van der Waals surface area contributed by atoms with Gasteiger partial charge in [0, 0.05) is 29.4 Å². The summed E-state index contributed by atoms with van der Waals surface area (Å²) in [4.78, 5) is 10.8. The first kappa shape index (κ1) is 18.5. The number of carbonyl (C=O) groups excluding carboxylic acids is 1. The molecular formula is C18H17N3O5S. The quantitative estimate of drug-likeness (QED) is 0.342. The molecule has 0 radical (unpaired) electrons. The van der Waals surface area contributed by atoms with Crippen molar-refractivity contribution in [1.82, 2.24) is 0 Å². The highest BCUT2D eigenvalue weighted by Crippen LogP contribution is 2.35. The number of nitrogens with two attached hydrogens (primary N) is 1. The van der Waals surface area contributed by atoms with E-state index in [9.17, 15) is 22.9 Å².